The lowest BCUT2D eigenvalue weighted by Crippen LogP contribution is -2.53. The molecule has 1 aliphatic heterocycles. The van der Waals surface area contributed by atoms with Gasteiger partial charge in [-0.2, -0.15) is 9.97 Å². The van der Waals surface area contributed by atoms with Crippen LogP contribution >= 0.6 is 0 Å². The van der Waals surface area contributed by atoms with Gasteiger partial charge in [-0.25, -0.2) is 14.6 Å². The molecule has 316 valence electrons. The van der Waals surface area contributed by atoms with E-state index in [1.165, 1.54) is 0 Å². The van der Waals surface area contributed by atoms with E-state index in [0.29, 0.717) is 61.5 Å². The summed E-state index contributed by atoms with van der Waals surface area (Å²) in [5, 5.41) is 26.0. The van der Waals surface area contributed by atoms with Crippen molar-refractivity contribution in [3.8, 4) is 11.9 Å². The summed E-state index contributed by atoms with van der Waals surface area (Å²) in [6.45, 7) is 7.86. The molecule has 0 unspecified atom stereocenters. The van der Waals surface area contributed by atoms with Crippen LogP contribution in [0.3, 0.4) is 0 Å². The lowest BCUT2D eigenvalue weighted by atomic mass is 10.0. The van der Waals surface area contributed by atoms with Gasteiger partial charge in [0.25, 0.3) is 0 Å². The van der Waals surface area contributed by atoms with E-state index in [4.69, 9.17) is 19.9 Å². The van der Waals surface area contributed by atoms with Gasteiger partial charge in [0.05, 0.1) is 26.0 Å². The summed E-state index contributed by atoms with van der Waals surface area (Å²) in [6.07, 6.45) is 2.30. The number of nitrogens with zero attached hydrogens (tertiary/aromatic N) is 5. The number of fused-ring (bicyclic) bond motifs is 1. The number of rotatable bonds is 23. The van der Waals surface area contributed by atoms with E-state index < -0.39 is 42.8 Å². The Bertz CT molecular complexity index is 1800. The second-order valence-electron chi connectivity index (χ2n) is 14.1. The van der Waals surface area contributed by atoms with Crippen LogP contribution in [0.15, 0.2) is 42.6 Å². The number of likely N-dealkylation sites (N-methyl/N-ethyl adjacent to an activating group) is 1. The van der Waals surface area contributed by atoms with Crippen molar-refractivity contribution in [2.75, 3.05) is 74.6 Å². The van der Waals surface area contributed by atoms with Crippen molar-refractivity contribution in [2.45, 2.75) is 65.3 Å². The molecule has 0 bridgehead atoms. The summed E-state index contributed by atoms with van der Waals surface area (Å²) in [4.78, 5) is 67.9. The molecule has 0 radical (unpaired) electrons. The molecule has 3 aromatic rings. The van der Waals surface area contributed by atoms with Crippen LogP contribution in [0, 0.1) is 5.92 Å². The van der Waals surface area contributed by atoms with E-state index in [9.17, 15) is 24.3 Å². The first-order chi connectivity index (χ1) is 27.9. The molecule has 0 saturated heterocycles. The third kappa shape index (κ3) is 14.2. The lowest BCUT2D eigenvalue weighted by molar-refractivity contribution is -0.129. The predicted molar refractivity (Wildman–Crippen MR) is 217 cm³/mol. The fourth-order valence-corrected chi connectivity index (χ4v) is 5.66. The molecule has 58 heavy (non-hydrogen) atoms. The number of ether oxygens (including phenoxy) is 3. The number of hydrogen-bond acceptors (Lipinski definition) is 15. The van der Waals surface area contributed by atoms with Crippen molar-refractivity contribution in [1.29, 1.82) is 0 Å². The van der Waals surface area contributed by atoms with Crippen molar-refractivity contribution >= 4 is 46.9 Å². The summed E-state index contributed by atoms with van der Waals surface area (Å²) in [6, 6.07) is 8.15. The topological polar surface area (TPSA) is 260 Å². The third-order valence-corrected chi connectivity index (χ3v) is 8.68. The maximum Gasteiger partial charge on any atom is 0.413 e. The number of carbonyl (C=O) groups is 4. The zero-order chi connectivity index (χ0) is 42.0. The highest BCUT2D eigenvalue weighted by molar-refractivity contribution is 5.98. The van der Waals surface area contributed by atoms with Crippen molar-refractivity contribution in [3.05, 3.63) is 53.7 Å². The van der Waals surface area contributed by atoms with E-state index in [2.05, 4.69) is 46.9 Å². The number of aliphatic hydroxyl groups is 1. The van der Waals surface area contributed by atoms with Gasteiger partial charge in [-0.1, -0.05) is 39.0 Å². The molecule has 0 saturated carbocycles. The number of benzene rings is 1. The minimum atomic E-state index is -0.949. The van der Waals surface area contributed by atoms with Gasteiger partial charge in [-0.3, -0.25) is 20.2 Å². The molecule has 3 heterocycles. The number of aliphatic hydroxyl groups excluding tert-OH is 1. The third-order valence-electron chi connectivity index (χ3n) is 8.68. The predicted octanol–water partition coefficient (Wildman–Crippen LogP) is 2.17. The van der Waals surface area contributed by atoms with Gasteiger partial charge in [-0.15, -0.1) is 0 Å². The molecule has 20 nitrogen and oxygen atoms in total. The molecular formula is C38H56N12O8. The van der Waals surface area contributed by atoms with Gasteiger partial charge in [0, 0.05) is 37.6 Å². The van der Waals surface area contributed by atoms with E-state index in [0.717, 1.165) is 18.5 Å². The number of anilines is 4. The Morgan fingerprint density at radius 1 is 1.00 bits per heavy atom. The van der Waals surface area contributed by atoms with Crippen LogP contribution in [0.4, 0.5) is 32.6 Å². The second kappa shape index (κ2) is 22.7. The van der Waals surface area contributed by atoms with Crippen LogP contribution in [0.2, 0.25) is 0 Å². The van der Waals surface area contributed by atoms with Gasteiger partial charge in [0.1, 0.15) is 24.9 Å². The summed E-state index contributed by atoms with van der Waals surface area (Å²) < 4.78 is 17.0. The first-order valence-electron chi connectivity index (χ1n) is 19.1. The number of pyridine rings is 1. The smallest absolute Gasteiger partial charge is 0.413 e. The van der Waals surface area contributed by atoms with Gasteiger partial charge < -0.3 is 56.1 Å². The molecule has 0 spiro atoms. The van der Waals surface area contributed by atoms with Gasteiger partial charge in [0.2, 0.25) is 17.7 Å². The molecule has 0 aliphatic carbocycles. The number of nitrogens with two attached hydrogens (primary N) is 1. The highest BCUT2D eigenvalue weighted by Gasteiger charge is 2.29. The summed E-state index contributed by atoms with van der Waals surface area (Å²) in [5.41, 5.74) is 7.66. The zero-order valence-electron chi connectivity index (χ0n) is 33.7. The Morgan fingerprint density at radius 2 is 1.76 bits per heavy atom. The number of primary amides is 1. The van der Waals surface area contributed by atoms with Crippen LogP contribution in [0.5, 0.6) is 11.9 Å². The molecule has 2 atom stereocenters. The SMILES string of the molecule is CCCOc1nc(NC(=O)OCc2ccc(NC(=O)[C@H](CCCNC(N)=O)NC(=O)[C@@H](NCO)C(C)C)cc2)c2c(n1)N(Cc1ccc(OCCN(C)C)nc1)CN2. The summed E-state index contributed by atoms with van der Waals surface area (Å²) >= 11 is 0. The number of aromatic nitrogens is 3. The van der Waals surface area contributed by atoms with Crippen LogP contribution in [-0.2, 0) is 27.5 Å². The number of urea groups is 1. The summed E-state index contributed by atoms with van der Waals surface area (Å²) in [5.74, 6) is 0.184. The number of hydrogen-bond donors (Lipinski definition) is 8. The number of carbonyl (C=O) groups excluding carboxylic acids is 4. The van der Waals surface area contributed by atoms with Crippen LogP contribution < -0.4 is 52.0 Å². The summed E-state index contributed by atoms with van der Waals surface area (Å²) in [7, 11) is 3.95. The monoisotopic (exact) mass is 808 g/mol. The van der Waals surface area contributed by atoms with Crippen LogP contribution in [0.25, 0.3) is 0 Å². The van der Waals surface area contributed by atoms with Crippen LogP contribution in [-0.4, -0.2) is 115 Å². The Labute approximate surface area is 338 Å². The van der Waals surface area contributed by atoms with E-state index in [-0.39, 0.29) is 37.3 Å². The van der Waals surface area contributed by atoms with Gasteiger partial charge >= 0.3 is 18.1 Å². The average Bonchev–Trinajstić information content (AvgIpc) is 3.59. The first kappa shape index (κ1) is 44.7. The Balaban J connectivity index is 1.36. The molecule has 20 heteroatoms. The molecular weight excluding hydrogens is 752 g/mol. The highest BCUT2D eigenvalue weighted by atomic mass is 16.5. The van der Waals surface area contributed by atoms with Crippen molar-refractivity contribution < 1.29 is 38.5 Å². The van der Waals surface area contributed by atoms with Crippen LogP contribution in [0.1, 0.15) is 51.2 Å². The molecule has 1 aromatic carbocycles. The van der Waals surface area contributed by atoms with Gasteiger partial charge in [0.15, 0.2) is 11.6 Å². The van der Waals surface area contributed by atoms with Crippen molar-refractivity contribution in [1.82, 2.24) is 35.8 Å². The minimum Gasteiger partial charge on any atom is -0.476 e. The quantitative estimate of drug-likeness (QED) is 0.0505. The van der Waals surface area contributed by atoms with Crippen molar-refractivity contribution in [2.24, 2.45) is 11.7 Å². The Morgan fingerprint density at radius 3 is 2.41 bits per heavy atom. The minimum absolute atomic E-state index is 0.0894. The highest BCUT2D eigenvalue weighted by Crippen LogP contribution is 2.37. The van der Waals surface area contributed by atoms with Gasteiger partial charge in [-0.05, 0) is 62.5 Å². The fraction of sp³-hybridized carbons (Fsp3) is 0.500. The molecule has 1 aliphatic rings. The molecule has 0 fully saturated rings. The standard InChI is InChI=1S/C38H56N12O8/c1-6-17-57-37-46-32(31-33(48-37)50(22-42-31)20-26-11-14-29(41-19-26)56-18-16-49(4)5)47-38(55)58-21-25-9-12-27(13-10-25)44-34(52)28(8-7-15-40-36(39)54)45-35(53)30(24(2)3)43-23-51/h9-14,19,24,28,30,42-43,51H,6-8,15-18,20-23H2,1-5H3,(H,44,52)(H,45,53)(H3,39,40,54)(H,46,47,48,55)/t28-,30-/m0/s1. The largest absolute Gasteiger partial charge is 0.476 e. The molecule has 5 amide bonds. The fourth-order valence-electron chi connectivity index (χ4n) is 5.66. The zero-order valence-corrected chi connectivity index (χ0v) is 33.7. The normalized spacial score (nSPS) is 12.9. The van der Waals surface area contributed by atoms with Crippen molar-refractivity contribution in [3.63, 3.8) is 0 Å². The van der Waals surface area contributed by atoms with E-state index in [1.54, 1.807) is 30.5 Å². The van der Waals surface area contributed by atoms with E-state index in [1.807, 2.05) is 56.8 Å². The van der Waals surface area contributed by atoms with E-state index >= 15 is 0 Å². The number of amides is 5. The number of nitrogens with one attached hydrogen (secondary N) is 6. The first-order valence-corrected chi connectivity index (χ1v) is 19.1. The lowest BCUT2D eigenvalue weighted by Gasteiger charge is -2.25. The Hall–Kier alpha value is -5.99. The molecule has 9 N–H and O–H groups in total. The maximum atomic E-state index is 13.3. The maximum absolute atomic E-state index is 13.3. The molecule has 4 rings (SSSR count). The average molecular weight is 809 g/mol. The Kier molecular flexibility index (Phi) is 17.5. The second-order valence-corrected chi connectivity index (χ2v) is 14.1. The molecule has 2 aromatic heterocycles.